The minimum Gasteiger partial charge on any atom is -0.313 e. The fraction of sp³-hybridized carbons (Fsp3) is 0.571. The fourth-order valence-corrected chi connectivity index (χ4v) is 1.80. The van der Waals surface area contributed by atoms with Crippen LogP contribution in [0.4, 0.5) is 0 Å². The molecule has 1 aromatic carbocycles. The first-order chi connectivity index (χ1) is 7.75. The van der Waals surface area contributed by atoms with Crippen LogP contribution in [0.5, 0.6) is 0 Å². The molecule has 88 valence electrons. The molecule has 0 atom stereocenters. The quantitative estimate of drug-likeness (QED) is 0.715. The molecule has 0 heterocycles. The van der Waals surface area contributed by atoms with Gasteiger partial charge in [-0.1, -0.05) is 18.2 Å². The first kappa shape index (κ1) is 11.6. The first-order valence-corrected chi connectivity index (χ1v) is 6.26. The second-order valence-corrected chi connectivity index (χ2v) is 4.82. The molecule has 0 spiro atoms. The summed E-state index contributed by atoms with van der Waals surface area (Å²) < 4.78 is 0. The van der Waals surface area contributed by atoms with Gasteiger partial charge in [0.2, 0.25) is 0 Å². The van der Waals surface area contributed by atoms with Gasteiger partial charge in [0.1, 0.15) is 0 Å². The number of rotatable bonds is 6. The second-order valence-electron chi connectivity index (χ2n) is 4.82. The van der Waals surface area contributed by atoms with Crippen LogP contribution in [0.3, 0.4) is 0 Å². The van der Waals surface area contributed by atoms with Crippen molar-refractivity contribution in [1.82, 2.24) is 10.6 Å². The Labute approximate surface area is 98.4 Å². The number of hydrogen-bond donors (Lipinski definition) is 2. The lowest BCUT2D eigenvalue weighted by atomic mass is 10.1. The molecule has 1 aromatic rings. The summed E-state index contributed by atoms with van der Waals surface area (Å²) in [6.07, 6.45) is 2.74. The molecule has 1 fully saturated rings. The maximum absolute atomic E-state index is 3.50. The van der Waals surface area contributed by atoms with E-state index in [0.717, 1.165) is 25.7 Å². The van der Waals surface area contributed by atoms with Gasteiger partial charge in [-0.05, 0) is 43.4 Å². The van der Waals surface area contributed by atoms with Crippen LogP contribution in [0.25, 0.3) is 0 Å². The van der Waals surface area contributed by atoms with Crippen LogP contribution in [0, 0.1) is 13.8 Å². The highest BCUT2D eigenvalue weighted by Gasteiger charge is 2.19. The van der Waals surface area contributed by atoms with E-state index < -0.39 is 0 Å². The molecule has 1 aliphatic rings. The van der Waals surface area contributed by atoms with Gasteiger partial charge in [0.25, 0.3) is 0 Å². The lowest BCUT2D eigenvalue weighted by molar-refractivity contribution is 0.608. The number of hydrogen-bond acceptors (Lipinski definition) is 2. The van der Waals surface area contributed by atoms with E-state index in [0.29, 0.717) is 0 Å². The van der Waals surface area contributed by atoms with Crippen molar-refractivity contribution in [3.8, 4) is 0 Å². The zero-order valence-electron chi connectivity index (χ0n) is 10.3. The molecule has 0 aromatic heterocycles. The lowest BCUT2D eigenvalue weighted by Gasteiger charge is -2.07. The topological polar surface area (TPSA) is 24.1 Å². The first-order valence-electron chi connectivity index (χ1n) is 6.26. The third kappa shape index (κ3) is 3.62. The monoisotopic (exact) mass is 218 g/mol. The Kier molecular flexibility index (Phi) is 3.97. The molecule has 0 amide bonds. The Morgan fingerprint density at radius 1 is 1.12 bits per heavy atom. The minimum atomic E-state index is 0.823. The standard InChI is InChI=1S/C14H22N2/c1-11-3-4-13(9-12(11)2)10-15-7-8-16-14-5-6-14/h3-4,9,14-16H,5-8,10H2,1-2H3. The Morgan fingerprint density at radius 3 is 2.62 bits per heavy atom. The number of benzene rings is 1. The van der Waals surface area contributed by atoms with Crippen LogP contribution in [-0.4, -0.2) is 19.1 Å². The molecule has 2 heteroatoms. The summed E-state index contributed by atoms with van der Waals surface area (Å²) in [5.74, 6) is 0. The van der Waals surface area contributed by atoms with Gasteiger partial charge in [0.15, 0.2) is 0 Å². The molecule has 2 nitrogen and oxygen atoms in total. The highest BCUT2D eigenvalue weighted by molar-refractivity contribution is 5.29. The van der Waals surface area contributed by atoms with E-state index in [1.807, 2.05) is 0 Å². The van der Waals surface area contributed by atoms with Crippen LogP contribution >= 0.6 is 0 Å². The van der Waals surface area contributed by atoms with Gasteiger partial charge in [-0.3, -0.25) is 0 Å². The van der Waals surface area contributed by atoms with Gasteiger partial charge in [0, 0.05) is 25.7 Å². The Hall–Kier alpha value is -0.860. The molecule has 2 N–H and O–H groups in total. The van der Waals surface area contributed by atoms with Crippen LogP contribution in [0.15, 0.2) is 18.2 Å². The van der Waals surface area contributed by atoms with Crippen LogP contribution in [0.2, 0.25) is 0 Å². The van der Waals surface area contributed by atoms with Crippen molar-refractivity contribution in [3.63, 3.8) is 0 Å². The largest absolute Gasteiger partial charge is 0.313 e. The molecule has 1 aliphatic carbocycles. The number of aryl methyl sites for hydroxylation is 2. The van der Waals surface area contributed by atoms with Crippen LogP contribution in [-0.2, 0) is 6.54 Å². The van der Waals surface area contributed by atoms with Gasteiger partial charge >= 0.3 is 0 Å². The van der Waals surface area contributed by atoms with Gasteiger partial charge < -0.3 is 10.6 Å². The lowest BCUT2D eigenvalue weighted by Crippen LogP contribution is -2.28. The summed E-state index contributed by atoms with van der Waals surface area (Å²) in [6.45, 7) is 7.46. The van der Waals surface area contributed by atoms with Crippen LogP contribution < -0.4 is 10.6 Å². The normalized spacial score (nSPS) is 15.4. The third-order valence-corrected chi connectivity index (χ3v) is 3.21. The molecule has 0 radical (unpaired) electrons. The van der Waals surface area contributed by atoms with E-state index in [4.69, 9.17) is 0 Å². The SMILES string of the molecule is Cc1ccc(CNCCNC2CC2)cc1C. The fourth-order valence-electron chi connectivity index (χ4n) is 1.80. The summed E-state index contributed by atoms with van der Waals surface area (Å²) in [5, 5.41) is 6.97. The summed E-state index contributed by atoms with van der Waals surface area (Å²) >= 11 is 0. The van der Waals surface area contributed by atoms with Crippen molar-refractivity contribution in [2.24, 2.45) is 0 Å². The van der Waals surface area contributed by atoms with Crippen molar-refractivity contribution in [3.05, 3.63) is 34.9 Å². The zero-order valence-corrected chi connectivity index (χ0v) is 10.3. The van der Waals surface area contributed by atoms with Gasteiger partial charge in [-0.15, -0.1) is 0 Å². The van der Waals surface area contributed by atoms with E-state index in [2.05, 4.69) is 42.7 Å². The van der Waals surface area contributed by atoms with E-state index >= 15 is 0 Å². The van der Waals surface area contributed by atoms with Crippen LogP contribution in [0.1, 0.15) is 29.5 Å². The van der Waals surface area contributed by atoms with E-state index in [-0.39, 0.29) is 0 Å². The molecule has 1 saturated carbocycles. The molecule has 16 heavy (non-hydrogen) atoms. The third-order valence-electron chi connectivity index (χ3n) is 3.21. The maximum Gasteiger partial charge on any atom is 0.0206 e. The highest BCUT2D eigenvalue weighted by atomic mass is 15.0. The van der Waals surface area contributed by atoms with E-state index in [1.54, 1.807) is 0 Å². The van der Waals surface area contributed by atoms with E-state index in [9.17, 15) is 0 Å². The summed E-state index contributed by atoms with van der Waals surface area (Å²) in [5.41, 5.74) is 4.14. The Bertz CT molecular complexity index is 343. The Balaban J connectivity index is 1.65. The summed E-state index contributed by atoms with van der Waals surface area (Å²) in [7, 11) is 0. The molecule has 0 bridgehead atoms. The van der Waals surface area contributed by atoms with Gasteiger partial charge in [-0.25, -0.2) is 0 Å². The van der Waals surface area contributed by atoms with Crippen molar-refractivity contribution < 1.29 is 0 Å². The predicted octanol–water partition coefficient (Wildman–Crippen LogP) is 2.15. The maximum atomic E-state index is 3.50. The average Bonchev–Trinajstić information content (AvgIpc) is 3.07. The minimum absolute atomic E-state index is 0.823. The second kappa shape index (κ2) is 5.46. The molecular formula is C14H22N2. The smallest absolute Gasteiger partial charge is 0.0206 e. The molecular weight excluding hydrogens is 196 g/mol. The van der Waals surface area contributed by atoms with Gasteiger partial charge in [-0.2, -0.15) is 0 Å². The van der Waals surface area contributed by atoms with Crippen molar-refractivity contribution in [2.45, 2.75) is 39.3 Å². The molecule has 2 rings (SSSR count). The predicted molar refractivity (Wildman–Crippen MR) is 68.6 cm³/mol. The molecule has 0 aliphatic heterocycles. The molecule has 0 unspecified atom stereocenters. The van der Waals surface area contributed by atoms with Crippen molar-refractivity contribution >= 4 is 0 Å². The molecule has 0 saturated heterocycles. The van der Waals surface area contributed by atoms with Crippen molar-refractivity contribution in [1.29, 1.82) is 0 Å². The van der Waals surface area contributed by atoms with Gasteiger partial charge in [0.05, 0.1) is 0 Å². The highest BCUT2D eigenvalue weighted by Crippen LogP contribution is 2.17. The summed E-state index contributed by atoms with van der Waals surface area (Å²) in [4.78, 5) is 0. The Morgan fingerprint density at radius 2 is 1.94 bits per heavy atom. The summed E-state index contributed by atoms with van der Waals surface area (Å²) in [6, 6.07) is 7.51. The zero-order chi connectivity index (χ0) is 11.4. The average molecular weight is 218 g/mol. The number of nitrogens with one attached hydrogen (secondary N) is 2. The van der Waals surface area contributed by atoms with E-state index in [1.165, 1.54) is 29.5 Å². The van der Waals surface area contributed by atoms with Crippen molar-refractivity contribution in [2.75, 3.05) is 13.1 Å².